The molecule has 0 unspecified atom stereocenters. The van der Waals surface area contributed by atoms with Crippen molar-refractivity contribution >= 4 is 22.5 Å². The van der Waals surface area contributed by atoms with Crippen molar-refractivity contribution in [2.45, 2.75) is 39.2 Å². The Hall–Kier alpha value is -4.08. The van der Waals surface area contributed by atoms with E-state index in [0.29, 0.717) is 31.2 Å². The standard InChI is InChI=1S/C31H36N8O/c1-21(2)26-19-34-39-29(26)36-31(40-20-38-15-13-22(17-32)14-16-38)37-30(39)33-18-24-8-3-5-9-25(24)28-12-11-23-7-4-6-10-27(23)35-28/h3-12,19,21-22H,13-18,20,32H2,1-2H3,(H,33,36,37). The van der Waals surface area contributed by atoms with Crippen LogP contribution in [0.3, 0.4) is 0 Å². The van der Waals surface area contributed by atoms with Crippen LogP contribution in [-0.2, 0) is 6.54 Å². The van der Waals surface area contributed by atoms with Crippen LogP contribution in [0.5, 0.6) is 6.01 Å². The van der Waals surface area contributed by atoms with Crippen molar-refractivity contribution in [3.8, 4) is 17.3 Å². The highest BCUT2D eigenvalue weighted by atomic mass is 16.5. The van der Waals surface area contributed by atoms with E-state index < -0.39 is 0 Å². The predicted molar refractivity (Wildman–Crippen MR) is 158 cm³/mol. The van der Waals surface area contributed by atoms with Crippen molar-refractivity contribution in [1.29, 1.82) is 0 Å². The van der Waals surface area contributed by atoms with Gasteiger partial charge in [0.25, 0.3) is 0 Å². The molecule has 0 bridgehead atoms. The molecule has 0 saturated carbocycles. The summed E-state index contributed by atoms with van der Waals surface area (Å²) >= 11 is 0. The van der Waals surface area contributed by atoms with Gasteiger partial charge in [0.2, 0.25) is 5.95 Å². The number of anilines is 1. The van der Waals surface area contributed by atoms with Gasteiger partial charge in [0, 0.05) is 36.1 Å². The maximum Gasteiger partial charge on any atom is 0.323 e. The van der Waals surface area contributed by atoms with Crippen LogP contribution in [-0.4, -0.2) is 55.8 Å². The summed E-state index contributed by atoms with van der Waals surface area (Å²) in [7, 11) is 0. The Morgan fingerprint density at radius 1 is 0.975 bits per heavy atom. The highest BCUT2D eigenvalue weighted by molar-refractivity contribution is 5.82. The van der Waals surface area contributed by atoms with Gasteiger partial charge >= 0.3 is 6.01 Å². The lowest BCUT2D eigenvalue weighted by atomic mass is 9.98. The number of rotatable bonds is 9. The summed E-state index contributed by atoms with van der Waals surface area (Å²) in [5.74, 6) is 1.46. The Morgan fingerprint density at radius 2 is 1.77 bits per heavy atom. The first-order valence-corrected chi connectivity index (χ1v) is 14.1. The molecule has 5 aromatic rings. The molecule has 2 aromatic carbocycles. The Kier molecular flexibility index (Phi) is 7.57. The zero-order valence-electron chi connectivity index (χ0n) is 23.1. The van der Waals surface area contributed by atoms with E-state index in [0.717, 1.165) is 71.4 Å². The average molecular weight is 537 g/mol. The first-order valence-electron chi connectivity index (χ1n) is 14.1. The number of nitrogens with two attached hydrogens (primary N) is 1. The van der Waals surface area contributed by atoms with Crippen LogP contribution in [0.1, 0.15) is 43.7 Å². The molecule has 4 heterocycles. The summed E-state index contributed by atoms with van der Waals surface area (Å²) in [5.41, 5.74) is 11.8. The molecule has 9 heteroatoms. The Morgan fingerprint density at radius 3 is 2.60 bits per heavy atom. The number of hydrogen-bond acceptors (Lipinski definition) is 8. The first kappa shape index (κ1) is 26.2. The van der Waals surface area contributed by atoms with Crippen LogP contribution in [0.4, 0.5) is 5.95 Å². The molecule has 40 heavy (non-hydrogen) atoms. The summed E-state index contributed by atoms with van der Waals surface area (Å²) in [6.07, 6.45) is 4.06. The summed E-state index contributed by atoms with van der Waals surface area (Å²) in [6, 6.07) is 21.0. The fourth-order valence-corrected chi connectivity index (χ4v) is 5.28. The van der Waals surface area contributed by atoms with Crippen molar-refractivity contribution in [3.63, 3.8) is 0 Å². The minimum absolute atomic E-state index is 0.267. The number of piperidine rings is 1. The van der Waals surface area contributed by atoms with Gasteiger partial charge < -0.3 is 15.8 Å². The van der Waals surface area contributed by atoms with E-state index in [-0.39, 0.29) is 5.92 Å². The van der Waals surface area contributed by atoms with E-state index in [2.05, 4.69) is 59.5 Å². The van der Waals surface area contributed by atoms with Crippen molar-refractivity contribution in [3.05, 3.63) is 78.0 Å². The lowest BCUT2D eigenvalue weighted by Crippen LogP contribution is -2.38. The van der Waals surface area contributed by atoms with Crippen LogP contribution in [0.15, 0.2) is 66.9 Å². The Bertz CT molecular complexity index is 1610. The number of fused-ring (bicyclic) bond motifs is 2. The van der Waals surface area contributed by atoms with Crippen molar-refractivity contribution in [1.82, 2.24) is 29.5 Å². The molecule has 1 saturated heterocycles. The van der Waals surface area contributed by atoms with Crippen LogP contribution in [0, 0.1) is 5.92 Å². The van der Waals surface area contributed by atoms with Gasteiger partial charge in [-0.1, -0.05) is 62.4 Å². The molecule has 0 spiro atoms. The number of nitrogens with zero attached hydrogens (tertiary/aromatic N) is 6. The highest BCUT2D eigenvalue weighted by Gasteiger charge is 2.20. The molecule has 1 fully saturated rings. The topological polar surface area (TPSA) is 106 Å². The molecule has 0 amide bonds. The van der Waals surface area contributed by atoms with E-state index >= 15 is 0 Å². The lowest BCUT2D eigenvalue weighted by Gasteiger charge is -2.30. The maximum absolute atomic E-state index is 6.13. The van der Waals surface area contributed by atoms with Gasteiger partial charge in [-0.2, -0.15) is 19.6 Å². The smallest absolute Gasteiger partial charge is 0.323 e. The zero-order valence-corrected chi connectivity index (χ0v) is 23.1. The summed E-state index contributed by atoms with van der Waals surface area (Å²) in [6.45, 7) is 7.97. The monoisotopic (exact) mass is 536 g/mol. The maximum atomic E-state index is 6.13. The molecule has 0 atom stereocenters. The van der Waals surface area contributed by atoms with Crippen LogP contribution < -0.4 is 15.8 Å². The zero-order chi connectivity index (χ0) is 27.5. The number of hydrogen-bond donors (Lipinski definition) is 2. The fourth-order valence-electron chi connectivity index (χ4n) is 5.28. The van der Waals surface area contributed by atoms with E-state index in [4.69, 9.17) is 25.4 Å². The molecule has 6 rings (SSSR count). The predicted octanol–water partition coefficient (Wildman–Crippen LogP) is 5.08. The third-order valence-corrected chi connectivity index (χ3v) is 7.74. The second-order valence-corrected chi connectivity index (χ2v) is 10.8. The average Bonchev–Trinajstić information content (AvgIpc) is 3.44. The van der Waals surface area contributed by atoms with Crippen molar-refractivity contribution in [2.75, 3.05) is 31.7 Å². The quantitative estimate of drug-likeness (QED) is 0.269. The normalized spacial score (nSPS) is 14.8. The second kappa shape index (κ2) is 11.6. The van der Waals surface area contributed by atoms with Crippen molar-refractivity contribution in [2.24, 2.45) is 11.7 Å². The van der Waals surface area contributed by atoms with Gasteiger partial charge in [0.1, 0.15) is 6.73 Å². The molecular formula is C31H36N8O. The second-order valence-electron chi connectivity index (χ2n) is 10.8. The van der Waals surface area contributed by atoms with Gasteiger partial charge in [-0.05, 0) is 48.9 Å². The largest absolute Gasteiger partial charge is 0.447 e. The molecule has 1 aliphatic heterocycles. The number of para-hydroxylation sites is 1. The van der Waals surface area contributed by atoms with Crippen LogP contribution in [0.25, 0.3) is 27.8 Å². The molecule has 3 N–H and O–H groups in total. The summed E-state index contributed by atoms with van der Waals surface area (Å²) in [5, 5.41) is 9.25. The number of ether oxygens (including phenoxy) is 1. The molecule has 3 aromatic heterocycles. The Balaban J connectivity index is 1.26. The SMILES string of the molecule is CC(C)c1cnn2c(NCc3ccccc3-c3ccc4ccccc4n3)nc(OCN3CCC(CN)CC3)nc12. The number of benzene rings is 2. The summed E-state index contributed by atoms with van der Waals surface area (Å²) < 4.78 is 7.90. The molecular weight excluding hydrogens is 500 g/mol. The van der Waals surface area contributed by atoms with Gasteiger partial charge in [-0.25, -0.2) is 4.98 Å². The van der Waals surface area contributed by atoms with Gasteiger partial charge in [-0.3, -0.25) is 4.90 Å². The number of pyridine rings is 1. The molecule has 206 valence electrons. The van der Waals surface area contributed by atoms with E-state index in [9.17, 15) is 0 Å². The Labute approximate surface area is 234 Å². The van der Waals surface area contributed by atoms with E-state index in [1.54, 1.807) is 4.52 Å². The minimum Gasteiger partial charge on any atom is -0.447 e. The third-order valence-electron chi connectivity index (χ3n) is 7.74. The molecule has 1 aliphatic rings. The molecule has 0 radical (unpaired) electrons. The first-order chi connectivity index (χ1) is 19.6. The van der Waals surface area contributed by atoms with Gasteiger partial charge in [-0.15, -0.1) is 0 Å². The summed E-state index contributed by atoms with van der Waals surface area (Å²) in [4.78, 5) is 16.7. The van der Waals surface area contributed by atoms with Crippen LogP contribution in [0.2, 0.25) is 0 Å². The number of likely N-dealkylation sites (tertiary alicyclic amines) is 1. The highest BCUT2D eigenvalue weighted by Crippen LogP contribution is 2.27. The van der Waals surface area contributed by atoms with Crippen LogP contribution >= 0.6 is 0 Å². The lowest BCUT2D eigenvalue weighted by molar-refractivity contribution is 0.0834. The van der Waals surface area contributed by atoms with Gasteiger partial charge in [0.05, 0.1) is 17.4 Å². The van der Waals surface area contributed by atoms with Crippen molar-refractivity contribution < 1.29 is 4.74 Å². The van der Waals surface area contributed by atoms with E-state index in [1.807, 2.05) is 36.5 Å². The molecule has 9 nitrogen and oxygen atoms in total. The number of aromatic nitrogens is 5. The molecule has 0 aliphatic carbocycles. The minimum atomic E-state index is 0.267. The third kappa shape index (κ3) is 5.48. The van der Waals surface area contributed by atoms with E-state index in [1.165, 1.54) is 0 Å². The van der Waals surface area contributed by atoms with Gasteiger partial charge in [0.15, 0.2) is 5.65 Å². The fraction of sp³-hybridized carbons (Fsp3) is 0.355. The number of nitrogens with one attached hydrogen (secondary N) is 1.